The van der Waals surface area contributed by atoms with Gasteiger partial charge in [0.15, 0.2) is 5.16 Å². The molecule has 6 nitrogen and oxygen atoms in total. The third-order valence-electron chi connectivity index (χ3n) is 4.92. The standard InChI is InChI=1S/C21H25N5OS2/c1-16-19(15-29-21-24-14-18(25-21)17-2-5-22-6-3-17)23-7-4-20(16)28-13-10-26-8-11-27-12-9-26/h2-7,14H,8-13,15H2,1H3,(H,24,25). The van der Waals surface area contributed by atoms with Crippen molar-refractivity contribution in [1.29, 1.82) is 0 Å². The van der Waals surface area contributed by atoms with E-state index in [0.717, 1.165) is 66.5 Å². The minimum absolute atomic E-state index is 0.799. The van der Waals surface area contributed by atoms with Crippen LogP contribution in [-0.4, -0.2) is 63.4 Å². The molecule has 0 atom stereocenters. The lowest BCUT2D eigenvalue weighted by molar-refractivity contribution is 0.0410. The number of pyridine rings is 2. The van der Waals surface area contributed by atoms with Gasteiger partial charge < -0.3 is 9.72 Å². The van der Waals surface area contributed by atoms with Crippen LogP contribution in [-0.2, 0) is 10.5 Å². The van der Waals surface area contributed by atoms with E-state index in [4.69, 9.17) is 4.74 Å². The average molecular weight is 428 g/mol. The maximum absolute atomic E-state index is 5.42. The van der Waals surface area contributed by atoms with Gasteiger partial charge in [-0.15, -0.1) is 11.8 Å². The number of hydrogen-bond acceptors (Lipinski definition) is 7. The first-order valence-corrected chi connectivity index (χ1v) is 11.7. The number of aromatic amines is 1. The van der Waals surface area contributed by atoms with Crippen LogP contribution in [0.4, 0.5) is 0 Å². The number of imidazole rings is 1. The maximum atomic E-state index is 5.42. The predicted octanol–water partition coefficient (Wildman–Crippen LogP) is 3.89. The Balaban J connectivity index is 1.32. The second-order valence-electron chi connectivity index (χ2n) is 6.81. The smallest absolute Gasteiger partial charge is 0.166 e. The minimum atomic E-state index is 0.799. The van der Waals surface area contributed by atoms with E-state index in [2.05, 4.69) is 37.8 Å². The highest BCUT2D eigenvalue weighted by Gasteiger charge is 2.12. The third kappa shape index (κ3) is 5.60. The first-order valence-electron chi connectivity index (χ1n) is 9.75. The van der Waals surface area contributed by atoms with Gasteiger partial charge in [0.1, 0.15) is 0 Å². The molecule has 0 saturated carbocycles. The molecule has 29 heavy (non-hydrogen) atoms. The fraction of sp³-hybridized carbons (Fsp3) is 0.381. The average Bonchev–Trinajstić information content (AvgIpc) is 3.25. The first kappa shape index (κ1) is 20.4. The number of H-pyrrole nitrogens is 1. The normalized spacial score (nSPS) is 14.9. The topological polar surface area (TPSA) is 66.9 Å². The van der Waals surface area contributed by atoms with E-state index in [0.29, 0.717) is 0 Å². The number of ether oxygens (including phenoxy) is 1. The molecule has 1 N–H and O–H groups in total. The molecule has 1 aliphatic rings. The van der Waals surface area contributed by atoms with Gasteiger partial charge in [-0.05, 0) is 30.7 Å². The zero-order valence-electron chi connectivity index (χ0n) is 16.5. The van der Waals surface area contributed by atoms with Gasteiger partial charge in [0, 0.05) is 60.2 Å². The highest BCUT2D eigenvalue weighted by molar-refractivity contribution is 7.99. The van der Waals surface area contributed by atoms with Gasteiger partial charge in [-0.2, -0.15) is 0 Å². The second-order valence-corrected chi connectivity index (χ2v) is 8.91. The molecule has 0 radical (unpaired) electrons. The van der Waals surface area contributed by atoms with Crippen LogP contribution in [0.2, 0.25) is 0 Å². The highest BCUT2D eigenvalue weighted by atomic mass is 32.2. The van der Waals surface area contributed by atoms with Gasteiger partial charge in [0.25, 0.3) is 0 Å². The monoisotopic (exact) mass is 427 g/mol. The predicted molar refractivity (Wildman–Crippen MR) is 118 cm³/mol. The number of nitrogens with zero attached hydrogens (tertiary/aromatic N) is 4. The fourth-order valence-corrected chi connectivity index (χ4v) is 5.10. The molecule has 3 aromatic rings. The van der Waals surface area contributed by atoms with Gasteiger partial charge in [-0.25, -0.2) is 4.98 Å². The summed E-state index contributed by atoms with van der Waals surface area (Å²) in [5.41, 5.74) is 4.49. The van der Waals surface area contributed by atoms with E-state index in [1.54, 1.807) is 24.2 Å². The van der Waals surface area contributed by atoms with Crippen molar-refractivity contribution in [2.45, 2.75) is 22.7 Å². The van der Waals surface area contributed by atoms with Gasteiger partial charge in [0.05, 0.1) is 30.8 Å². The molecule has 152 valence electrons. The molecular weight excluding hydrogens is 402 g/mol. The summed E-state index contributed by atoms with van der Waals surface area (Å²) < 4.78 is 5.42. The van der Waals surface area contributed by atoms with Crippen LogP contribution < -0.4 is 0 Å². The summed E-state index contributed by atoms with van der Waals surface area (Å²) in [6.45, 7) is 7.07. The van der Waals surface area contributed by atoms with Crippen LogP contribution in [0.25, 0.3) is 11.3 Å². The molecule has 0 aliphatic carbocycles. The van der Waals surface area contributed by atoms with Crippen LogP contribution >= 0.6 is 23.5 Å². The van der Waals surface area contributed by atoms with Crippen molar-refractivity contribution < 1.29 is 4.74 Å². The molecule has 0 unspecified atom stereocenters. The largest absolute Gasteiger partial charge is 0.379 e. The molecule has 0 amide bonds. The SMILES string of the molecule is Cc1c(SCCN2CCOCC2)ccnc1CSc1ncc(-c2ccncc2)[nH]1. The van der Waals surface area contributed by atoms with Crippen LogP contribution in [0, 0.1) is 6.92 Å². The van der Waals surface area contributed by atoms with Crippen LogP contribution in [0.15, 0.2) is 53.0 Å². The molecule has 1 aliphatic heterocycles. The molecule has 0 spiro atoms. The van der Waals surface area contributed by atoms with Crippen LogP contribution in [0.5, 0.6) is 0 Å². The van der Waals surface area contributed by atoms with Gasteiger partial charge in [-0.1, -0.05) is 11.8 Å². The van der Waals surface area contributed by atoms with Crippen molar-refractivity contribution in [3.63, 3.8) is 0 Å². The van der Waals surface area contributed by atoms with E-state index in [1.807, 2.05) is 36.3 Å². The lowest BCUT2D eigenvalue weighted by atomic mass is 10.2. The summed E-state index contributed by atoms with van der Waals surface area (Å²) in [5, 5.41) is 0.906. The van der Waals surface area contributed by atoms with Crippen molar-refractivity contribution in [3.8, 4) is 11.3 Å². The second kappa shape index (κ2) is 10.2. The Hall–Kier alpha value is -1.87. The summed E-state index contributed by atoms with van der Waals surface area (Å²) in [7, 11) is 0. The van der Waals surface area contributed by atoms with Crippen LogP contribution in [0.1, 0.15) is 11.3 Å². The molecule has 3 aromatic heterocycles. The Morgan fingerprint density at radius 3 is 2.72 bits per heavy atom. The zero-order valence-corrected chi connectivity index (χ0v) is 18.1. The molecule has 0 bridgehead atoms. The molecular formula is C21H25N5OS2. The summed E-state index contributed by atoms with van der Waals surface area (Å²) in [6.07, 6.45) is 7.37. The summed E-state index contributed by atoms with van der Waals surface area (Å²) in [4.78, 5) is 20.3. The number of morpholine rings is 1. The van der Waals surface area contributed by atoms with Crippen molar-refractivity contribution in [3.05, 3.63) is 54.2 Å². The molecule has 4 rings (SSSR count). The van der Waals surface area contributed by atoms with E-state index in [-0.39, 0.29) is 0 Å². The van der Waals surface area contributed by atoms with Gasteiger partial charge >= 0.3 is 0 Å². The number of nitrogens with one attached hydrogen (secondary N) is 1. The minimum Gasteiger partial charge on any atom is -0.379 e. The fourth-order valence-electron chi connectivity index (χ4n) is 3.16. The number of hydrogen-bond donors (Lipinski definition) is 1. The van der Waals surface area contributed by atoms with Gasteiger partial charge in [-0.3, -0.25) is 14.9 Å². The molecule has 8 heteroatoms. The van der Waals surface area contributed by atoms with E-state index in [1.165, 1.54) is 10.5 Å². The number of thioether (sulfide) groups is 2. The number of rotatable bonds is 8. The summed E-state index contributed by atoms with van der Waals surface area (Å²) in [6, 6.07) is 6.08. The lowest BCUT2D eigenvalue weighted by Crippen LogP contribution is -2.37. The Labute approximate surface area is 179 Å². The quantitative estimate of drug-likeness (QED) is 0.547. The van der Waals surface area contributed by atoms with E-state index < -0.39 is 0 Å². The van der Waals surface area contributed by atoms with Crippen molar-refractivity contribution in [2.24, 2.45) is 0 Å². The Morgan fingerprint density at radius 2 is 1.90 bits per heavy atom. The van der Waals surface area contributed by atoms with Crippen molar-refractivity contribution in [1.82, 2.24) is 24.8 Å². The maximum Gasteiger partial charge on any atom is 0.166 e. The number of aromatic nitrogens is 4. The first-order chi connectivity index (χ1) is 14.3. The summed E-state index contributed by atoms with van der Waals surface area (Å²) in [5.74, 6) is 1.89. The zero-order chi connectivity index (χ0) is 19.9. The Morgan fingerprint density at radius 1 is 1.07 bits per heavy atom. The Kier molecular flexibility index (Phi) is 7.21. The van der Waals surface area contributed by atoms with E-state index in [9.17, 15) is 0 Å². The molecule has 1 fully saturated rings. The Bertz CT molecular complexity index is 912. The molecule has 1 saturated heterocycles. The molecule has 4 heterocycles. The van der Waals surface area contributed by atoms with Gasteiger partial charge in [0.2, 0.25) is 0 Å². The third-order valence-corrected chi connectivity index (χ3v) is 6.96. The van der Waals surface area contributed by atoms with Crippen molar-refractivity contribution >= 4 is 23.5 Å². The highest BCUT2D eigenvalue weighted by Crippen LogP contribution is 2.28. The molecule has 0 aromatic carbocycles. The summed E-state index contributed by atoms with van der Waals surface area (Å²) >= 11 is 3.60. The van der Waals surface area contributed by atoms with Crippen LogP contribution in [0.3, 0.4) is 0 Å². The van der Waals surface area contributed by atoms with E-state index >= 15 is 0 Å². The van der Waals surface area contributed by atoms with Crippen molar-refractivity contribution in [2.75, 3.05) is 38.6 Å². The lowest BCUT2D eigenvalue weighted by Gasteiger charge is -2.26.